The Hall–Kier alpha value is -4.04. The van der Waals surface area contributed by atoms with E-state index in [0.717, 1.165) is 17.1 Å². The summed E-state index contributed by atoms with van der Waals surface area (Å²) in [5, 5.41) is 3.75. The van der Waals surface area contributed by atoms with E-state index < -0.39 is 12.0 Å². The standard InChI is InChI=1S/C26H21FN4O2S/c1-33-25(32)17-8-6-9-18(16-17)30-15-7-13-22(30)24-23(20-11-4-5-14-28-20)29-26(34)31(24)21-12-3-2-10-19(21)27/h2-16,23-24H,1H3,(H,29,34)/t23-,24-/m1/s1. The third kappa shape index (κ3) is 3.82. The van der Waals surface area contributed by atoms with Gasteiger partial charge in [-0.15, -0.1) is 0 Å². The average molecular weight is 473 g/mol. The van der Waals surface area contributed by atoms with Crippen molar-refractivity contribution in [3.05, 3.63) is 114 Å². The van der Waals surface area contributed by atoms with Gasteiger partial charge in [-0.3, -0.25) is 4.98 Å². The summed E-state index contributed by atoms with van der Waals surface area (Å²) in [5.74, 6) is -0.789. The van der Waals surface area contributed by atoms with Crippen LogP contribution in [0.25, 0.3) is 5.69 Å². The summed E-state index contributed by atoms with van der Waals surface area (Å²) in [4.78, 5) is 18.4. The van der Waals surface area contributed by atoms with Gasteiger partial charge in [0.25, 0.3) is 0 Å². The number of ether oxygens (including phenoxy) is 1. The summed E-state index contributed by atoms with van der Waals surface area (Å²) in [6, 6.07) is 22.6. The zero-order chi connectivity index (χ0) is 23.7. The van der Waals surface area contributed by atoms with E-state index in [4.69, 9.17) is 17.0 Å². The van der Waals surface area contributed by atoms with Gasteiger partial charge in [-0.1, -0.05) is 24.3 Å². The van der Waals surface area contributed by atoms with Crippen LogP contribution in [-0.4, -0.2) is 27.7 Å². The SMILES string of the molecule is COC(=O)c1cccc(-n2cccc2[C@@H]2[C@@H](c3ccccn3)NC(=S)N2c2ccccc2F)c1. The van der Waals surface area contributed by atoms with E-state index in [0.29, 0.717) is 16.4 Å². The normalized spacial score (nSPS) is 17.5. The number of para-hydroxylation sites is 1. The molecule has 0 aliphatic carbocycles. The minimum absolute atomic E-state index is 0.328. The molecule has 2 aromatic carbocycles. The molecule has 34 heavy (non-hydrogen) atoms. The van der Waals surface area contributed by atoms with Gasteiger partial charge in [-0.2, -0.15) is 0 Å². The van der Waals surface area contributed by atoms with E-state index in [2.05, 4.69) is 10.3 Å². The minimum atomic E-state index is -0.418. The number of nitrogens with zero attached hydrogens (tertiary/aromatic N) is 3. The molecule has 1 fully saturated rings. The number of rotatable bonds is 5. The monoisotopic (exact) mass is 472 g/mol. The molecule has 6 nitrogen and oxygen atoms in total. The number of halogens is 1. The molecule has 8 heteroatoms. The molecule has 0 bridgehead atoms. The van der Waals surface area contributed by atoms with Gasteiger partial charge in [0.05, 0.1) is 30.1 Å². The van der Waals surface area contributed by atoms with E-state index in [1.165, 1.54) is 13.2 Å². The molecule has 1 aliphatic rings. The number of benzene rings is 2. The lowest BCUT2D eigenvalue weighted by molar-refractivity contribution is 0.0600. The average Bonchev–Trinajstić information content (AvgIpc) is 3.49. The second-order valence-electron chi connectivity index (χ2n) is 7.79. The van der Waals surface area contributed by atoms with Crippen LogP contribution in [0.5, 0.6) is 0 Å². The van der Waals surface area contributed by atoms with Crippen LogP contribution in [0.3, 0.4) is 0 Å². The van der Waals surface area contributed by atoms with Crippen LogP contribution < -0.4 is 10.2 Å². The summed E-state index contributed by atoms with van der Waals surface area (Å²) in [6.07, 6.45) is 3.63. The van der Waals surface area contributed by atoms with E-state index in [-0.39, 0.29) is 11.9 Å². The maximum Gasteiger partial charge on any atom is 0.337 e. The maximum absolute atomic E-state index is 15.0. The third-order valence-electron chi connectivity index (χ3n) is 5.84. The molecule has 2 atom stereocenters. The number of carbonyl (C=O) groups is 1. The number of anilines is 1. The highest BCUT2D eigenvalue weighted by Gasteiger charge is 2.43. The Bertz CT molecular complexity index is 1360. The number of hydrogen-bond acceptors (Lipinski definition) is 4. The highest BCUT2D eigenvalue weighted by molar-refractivity contribution is 7.80. The highest BCUT2D eigenvalue weighted by Crippen LogP contribution is 2.42. The molecule has 0 saturated carbocycles. The van der Waals surface area contributed by atoms with Crippen molar-refractivity contribution in [1.82, 2.24) is 14.9 Å². The molecule has 0 radical (unpaired) electrons. The van der Waals surface area contributed by atoms with Gasteiger partial charge in [0, 0.05) is 23.8 Å². The summed E-state index contributed by atoms with van der Waals surface area (Å²) < 4.78 is 21.8. The fourth-order valence-corrected chi connectivity index (χ4v) is 4.67. The number of methoxy groups -OCH3 is 1. The van der Waals surface area contributed by atoms with E-state index in [1.54, 1.807) is 47.5 Å². The van der Waals surface area contributed by atoms with Gasteiger partial charge in [0.15, 0.2) is 5.11 Å². The third-order valence-corrected chi connectivity index (χ3v) is 6.15. The van der Waals surface area contributed by atoms with Crippen LogP contribution in [0.4, 0.5) is 10.1 Å². The predicted octanol–water partition coefficient (Wildman–Crippen LogP) is 4.98. The van der Waals surface area contributed by atoms with Crippen molar-refractivity contribution < 1.29 is 13.9 Å². The number of thiocarbonyl (C=S) groups is 1. The number of esters is 1. The molecule has 0 amide bonds. The number of pyridine rings is 1. The molecule has 3 heterocycles. The minimum Gasteiger partial charge on any atom is -0.465 e. The molecule has 170 valence electrons. The zero-order valence-corrected chi connectivity index (χ0v) is 19.1. The van der Waals surface area contributed by atoms with Gasteiger partial charge >= 0.3 is 5.97 Å². The van der Waals surface area contributed by atoms with Crippen LogP contribution in [0.15, 0.2) is 91.3 Å². The summed E-state index contributed by atoms with van der Waals surface area (Å²) >= 11 is 5.69. The fourth-order valence-electron chi connectivity index (χ4n) is 4.33. The Labute approximate surface area is 201 Å². The van der Waals surface area contributed by atoms with Crippen molar-refractivity contribution in [2.24, 2.45) is 0 Å². The van der Waals surface area contributed by atoms with Crippen molar-refractivity contribution in [2.75, 3.05) is 12.0 Å². The van der Waals surface area contributed by atoms with Crippen LogP contribution in [0.1, 0.15) is 33.8 Å². The van der Waals surface area contributed by atoms with Gasteiger partial charge in [-0.25, -0.2) is 9.18 Å². The van der Waals surface area contributed by atoms with Crippen molar-refractivity contribution >= 4 is 29.0 Å². The van der Waals surface area contributed by atoms with Crippen molar-refractivity contribution in [3.63, 3.8) is 0 Å². The second-order valence-corrected chi connectivity index (χ2v) is 8.18. The first-order valence-corrected chi connectivity index (χ1v) is 11.1. The van der Waals surface area contributed by atoms with Gasteiger partial charge in [0.1, 0.15) is 11.9 Å². The van der Waals surface area contributed by atoms with E-state index >= 15 is 0 Å². The number of carbonyl (C=O) groups excluding carboxylic acids is 1. The summed E-state index contributed by atoms with van der Waals surface area (Å²) in [7, 11) is 1.35. The van der Waals surface area contributed by atoms with Crippen LogP contribution in [-0.2, 0) is 4.74 Å². The highest BCUT2D eigenvalue weighted by atomic mass is 32.1. The molecule has 2 aromatic heterocycles. The van der Waals surface area contributed by atoms with Crippen molar-refractivity contribution in [1.29, 1.82) is 0 Å². The zero-order valence-electron chi connectivity index (χ0n) is 18.3. The Morgan fingerprint density at radius 2 is 1.88 bits per heavy atom. The molecule has 1 aliphatic heterocycles. The predicted molar refractivity (Wildman–Crippen MR) is 131 cm³/mol. The lowest BCUT2D eigenvalue weighted by Gasteiger charge is -2.29. The van der Waals surface area contributed by atoms with Crippen LogP contribution in [0, 0.1) is 5.82 Å². The van der Waals surface area contributed by atoms with Gasteiger partial charge < -0.3 is 19.5 Å². The first kappa shape index (κ1) is 21.8. The van der Waals surface area contributed by atoms with Crippen LogP contribution >= 0.6 is 12.2 Å². The van der Waals surface area contributed by atoms with Crippen LogP contribution in [0.2, 0.25) is 0 Å². The summed E-state index contributed by atoms with van der Waals surface area (Å²) in [6.45, 7) is 0. The molecule has 0 spiro atoms. The summed E-state index contributed by atoms with van der Waals surface area (Å²) in [5.41, 5.74) is 3.22. The first-order valence-electron chi connectivity index (χ1n) is 10.7. The maximum atomic E-state index is 15.0. The van der Waals surface area contributed by atoms with Gasteiger partial charge in [0.2, 0.25) is 0 Å². The molecular weight excluding hydrogens is 451 g/mol. The molecule has 1 saturated heterocycles. The lowest BCUT2D eigenvalue weighted by atomic mass is 10.0. The van der Waals surface area contributed by atoms with Crippen molar-refractivity contribution in [3.8, 4) is 5.69 Å². The Balaban J connectivity index is 1.67. The number of hydrogen-bond donors (Lipinski definition) is 1. The molecule has 0 unspecified atom stereocenters. The second kappa shape index (κ2) is 9.07. The number of nitrogens with one attached hydrogen (secondary N) is 1. The number of aromatic nitrogens is 2. The smallest absolute Gasteiger partial charge is 0.337 e. The fraction of sp³-hybridized carbons (Fsp3) is 0.115. The quantitative estimate of drug-likeness (QED) is 0.327. The lowest BCUT2D eigenvalue weighted by Crippen LogP contribution is -2.31. The first-order chi connectivity index (χ1) is 16.6. The Morgan fingerprint density at radius 3 is 2.65 bits per heavy atom. The van der Waals surface area contributed by atoms with Gasteiger partial charge in [-0.05, 0) is 66.8 Å². The van der Waals surface area contributed by atoms with Crippen molar-refractivity contribution in [2.45, 2.75) is 12.1 Å². The molecular formula is C26H21FN4O2S. The Morgan fingerprint density at radius 1 is 1.06 bits per heavy atom. The Kier molecular flexibility index (Phi) is 5.81. The molecule has 5 rings (SSSR count). The van der Waals surface area contributed by atoms with E-state index in [9.17, 15) is 9.18 Å². The van der Waals surface area contributed by atoms with E-state index in [1.807, 2.05) is 47.2 Å². The molecule has 1 N–H and O–H groups in total. The molecule has 4 aromatic rings. The largest absolute Gasteiger partial charge is 0.465 e. The topological polar surface area (TPSA) is 59.4 Å².